The number of aliphatic hydroxyl groups is 1. The van der Waals surface area contributed by atoms with Gasteiger partial charge in [0.15, 0.2) is 6.29 Å². The molecule has 3 nitrogen and oxygen atoms in total. The first-order valence-electron chi connectivity index (χ1n) is 10.5. The topological polar surface area (TPSA) is 38.7 Å². The van der Waals surface area contributed by atoms with Gasteiger partial charge in [0.25, 0.3) is 0 Å². The summed E-state index contributed by atoms with van der Waals surface area (Å²) in [6.45, 7) is 14.5. The maximum atomic E-state index is 11.5. The Balaban J connectivity index is 2.17. The number of hydrogen-bond acceptors (Lipinski definition) is 3. The summed E-state index contributed by atoms with van der Waals surface area (Å²) in [5, 5.41) is 11.5. The average molecular weight is 365 g/mol. The Morgan fingerprint density at radius 1 is 1.04 bits per heavy atom. The Hall–Kier alpha value is -0.640. The van der Waals surface area contributed by atoms with E-state index < -0.39 is 5.60 Å². The normalized spacial score (nSPS) is 27.7. The number of rotatable bonds is 7. The van der Waals surface area contributed by atoms with Gasteiger partial charge in [-0.3, -0.25) is 0 Å². The number of hydrogen-bond donors (Lipinski definition) is 1. The quantitative estimate of drug-likeness (QED) is 0.595. The van der Waals surface area contributed by atoms with Crippen LogP contribution in [0.15, 0.2) is 23.8 Å². The molecule has 1 saturated carbocycles. The third kappa shape index (κ3) is 5.43. The van der Waals surface area contributed by atoms with Crippen LogP contribution in [0.25, 0.3) is 0 Å². The highest BCUT2D eigenvalue weighted by Crippen LogP contribution is 2.52. The third-order valence-corrected chi connectivity index (χ3v) is 6.46. The largest absolute Gasteiger partial charge is 0.389 e. The summed E-state index contributed by atoms with van der Waals surface area (Å²) in [6, 6.07) is 0. The van der Waals surface area contributed by atoms with E-state index >= 15 is 0 Å². The van der Waals surface area contributed by atoms with Gasteiger partial charge in [0, 0.05) is 19.1 Å². The van der Waals surface area contributed by atoms with Crippen LogP contribution in [0.3, 0.4) is 0 Å². The van der Waals surface area contributed by atoms with Crippen molar-refractivity contribution in [1.82, 2.24) is 0 Å². The molecule has 26 heavy (non-hydrogen) atoms. The molecule has 0 aromatic rings. The minimum atomic E-state index is -0.572. The SMILES string of the molecule is CCOC(C=CC1=CC(C2(O)CCC(C)(C)CC2)C(C)(C)CC1)OCC. The summed E-state index contributed by atoms with van der Waals surface area (Å²) in [6.07, 6.45) is 12.4. The van der Waals surface area contributed by atoms with Crippen molar-refractivity contribution in [3.05, 3.63) is 23.8 Å². The monoisotopic (exact) mass is 364 g/mol. The van der Waals surface area contributed by atoms with Gasteiger partial charge in [-0.2, -0.15) is 0 Å². The van der Waals surface area contributed by atoms with Crippen molar-refractivity contribution in [1.29, 1.82) is 0 Å². The van der Waals surface area contributed by atoms with Crippen molar-refractivity contribution >= 4 is 0 Å². The Labute approximate surface area is 160 Å². The molecule has 3 heteroatoms. The molecule has 0 aromatic carbocycles. The van der Waals surface area contributed by atoms with Gasteiger partial charge in [-0.05, 0) is 69.3 Å². The van der Waals surface area contributed by atoms with E-state index in [9.17, 15) is 5.11 Å². The summed E-state index contributed by atoms with van der Waals surface area (Å²) >= 11 is 0. The van der Waals surface area contributed by atoms with Gasteiger partial charge < -0.3 is 14.6 Å². The fourth-order valence-electron chi connectivity index (χ4n) is 4.53. The molecule has 0 saturated heterocycles. The lowest BCUT2D eigenvalue weighted by molar-refractivity contribution is -0.104. The van der Waals surface area contributed by atoms with Gasteiger partial charge in [0.2, 0.25) is 0 Å². The fraction of sp³-hybridized carbons (Fsp3) is 0.826. The maximum absolute atomic E-state index is 11.5. The predicted molar refractivity (Wildman–Crippen MR) is 108 cm³/mol. The molecule has 2 aliphatic carbocycles. The van der Waals surface area contributed by atoms with Crippen molar-refractivity contribution in [3.63, 3.8) is 0 Å². The van der Waals surface area contributed by atoms with E-state index in [1.807, 2.05) is 19.9 Å². The molecule has 0 spiro atoms. The summed E-state index contributed by atoms with van der Waals surface area (Å²) in [5.74, 6) is 0.206. The zero-order valence-corrected chi connectivity index (χ0v) is 17.8. The molecule has 1 atom stereocenters. The molecule has 2 aliphatic rings. The molecule has 0 heterocycles. The number of ether oxygens (including phenoxy) is 2. The molecule has 0 aliphatic heterocycles. The lowest BCUT2D eigenvalue weighted by Crippen LogP contribution is -2.49. The van der Waals surface area contributed by atoms with Crippen molar-refractivity contribution < 1.29 is 14.6 Å². The number of allylic oxidation sites excluding steroid dienone is 2. The van der Waals surface area contributed by atoms with Gasteiger partial charge in [-0.25, -0.2) is 0 Å². The lowest BCUT2D eigenvalue weighted by Gasteiger charge is -2.50. The molecule has 0 radical (unpaired) electrons. The van der Waals surface area contributed by atoms with E-state index in [0.717, 1.165) is 38.5 Å². The zero-order chi connectivity index (χ0) is 19.4. The zero-order valence-electron chi connectivity index (χ0n) is 17.8. The highest BCUT2D eigenvalue weighted by atomic mass is 16.7. The third-order valence-electron chi connectivity index (χ3n) is 6.46. The molecular weight excluding hydrogens is 324 g/mol. The van der Waals surface area contributed by atoms with E-state index in [1.165, 1.54) is 5.57 Å². The average Bonchev–Trinajstić information content (AvgIpc) is 2.57. The summed E-state index contributed by atoms with van der Waals surface area (Å²) in [7, 11) is 0. The highest BCUT2D eigenvalue weighted by Gasteiger charge is 2.48. The van der Waals surface area contributed by atoms with Crippen LogP contribution >= 0.6 is 0 Å². The maximum Gasteiger partial charge on any atom is 0.177 e. The van der Waals surface area contributed by atoms with Gasteiger partial charge in [0.05, 0.1) is 5.60 Å². The second-order valence-electron chi connectivity index (χ2n) is 9.61. The van der Waals surface area contributed by atoms with Crippen LogP contribution in [0.2, 0.25) is 0 Å². The van der Waals surface area contributed by atoms with Crippen molar-refractivity contribution in [2.45, 2.75) is 92.0 Å². The van der Waals surface area contributed by atoms with Crippen LogP contribution in [-0.4, -0.2) is 30.2 Å². The van der Waals surface area contributed by atoms with Crippen molar-refractivity contribution in [2.24, 2.45) is 16.7 Å². The second kappa shape index (κ2) is 8.58. The van der Waals surface area contributed by atoms with E-state index in [4.69, 9.17) is 9.47 Å². The second-order valence-corrected chi connectivity index (χ2v) is 9.61. The molecular formula is C23H40O3. The molecule has 2 rings (SSSR count). The van der Waals surface area contributed by atoms with Gasteiger partial charge in [0.1, 0.15) is 0 Å². The standard InChI is InChI=1S/C23H40O3/c1-7-25-20(26-8-2)10-9-18-11-12-22(5,6)19(17-18)23(24)15-13-21(3,4)14-16-23/h9-10,17,19-20,24H,7-8,11-16H2,1-6H3. The molecule has 1 fully saturated rings. The van der Waals surface area contributed by atoms with Gasteiger partial charge in [-0.15, -0.1) is 0 Å². The van der Waals surface area contributed by atoms with Crippen LogP contribution in [0, 0.1) is 16.7 Å². The molecule has 0 bridgehead atoms. The Bertz CT molecular complexity index is 500. The summed E-state index contributed by atoms with van der Waals surface area (Å²) in [4.78, 5) is 0. The molecule has 150 valence electrons. The van der Waals surface area contributed by atoms with E-state index in [-0.39, 0.29) is 17.6 Å². The molecule has 1 N–H and O–H groups in total. The van der Waals surface area contributed by atoms with E-state index in [2.05, 4.69) is 39.8 Å². The minimum Gasteiger partial charge on any atom is -0.389 e. The van der Waals surface area contributed by atoms with Crippen LogP contribution < -0.4 is 0 Å². The van der Waals surface area contributed by atoms with Crippen molar-refractivity contribution in [2.75, 3.05) is 13.2 Å². The molecule has 0 amide bonds. The minimum absolute atomic E-state index is 0.132. The van der Waals surface area contributed by atoms with Gasteiger partial charge >= 0.3 is 0 Å². The molecule has 0 aromatic heterocycles. The van der Waals surface area contributed by atoms with Crippen LogP contribution in [-0.2, 0) is 9.47 Å². The first kappa shape index (κ1) is 21.7. The Kier molecular flexibility index (Phi) is 7.15. The van der Waals surface area contributed by atoms with Crippen LogP contribution in [0.1, 0.15) is 80.1 Å². The summed E-state index contributed by atoms with van der Waals surface area (Å²) in [5.41, 5.74) is 1.22. The lowest BCUT2D eigenvalue weighted by atomic mass is 9.57. The Morgan fingerprint density at radius 3 is 2.15 bits per heavy atom. The van der Waals surface area contributed by atoms with Crippen molar-refractivity contribution in [3.8, 4) is 0 Å². The van der Waals surface area contributed by atoms with Crippen LogP contribution in [0.4, 0.5) is 0 Å². The first-order valence-corrected chi connectivity index (χ1v) is 10.5. The smallest absolute Gasteiger partial charge is 0.177 e. The van der Waals surface area contributed by atoms with Crippen LogP contribution in [0.5, 0.6) is 0 Å². The Morgan fingerprint density at radius 2 is 1.62 bits per heavy atom. The summed E-state index contributed by atoms with van der Waals surface area (Å²) < 4.78 is 11.2. The highest BCUT2D eigenvalue weighted by molar-refractivity contribution is 5.26. The predicted octanol–water partition coefficient (Wildman–Crippen LogP) is 5.64. The molecule has 1 unspecified atom stereocenters. The van der Waals surface area contributed by atoms with E-state index in [0.29, 0.717) is 18.6 Å². The van der Waals surface area contributed by atoms with Gasteiger partial charge in [-0.1, -0.05) is 45.4 Å². The van der Waals surface area contributed by atoms with E-state index in [1.54, 1.807) is 0 Å². The fourth-order valence-corrected chi connectivity index (χ4v) is 4.53. The first-order chi connectivity index (χ1) is 12.1.